The van der Waals surface area contributed by atoms with E-state index in [1.807, 2.05) is 84.9 Å². The number of aryl methyl sites for hydroxylation is 8. The standard InChI is InChI=1S/2C53H33N3/c1-29-8-6-9-30(2)52(29)41-18-19-42-48-26-49-45(37-16-13-34(28-55)21-32(37)4)23-46-38-17-14-35(56-5)22-43(38)44(36-15-12-33(27-54)20-31(36)3)24-50(46)51(49)25-47(48)40-11-7-10-39(41)53(40)42;1-29-8-6-9-30(2)52(29)41-18-19-42-48-26-51-49(25-47(48)40-11-7-10-39(41)53(40)42)45(37-16-13-34(28-55)21-32(37)4)23-46-38-17-14-35(56-5)22-43(38)44(24-50(46)51)36-15-12-33(27-54)20-31(36)3/h2*6-26H,1-4H3. The van der Waals surface area contributed by atoms with E-state index in [2.05, 4.69) is 259 Å². The van der Waals surface area contributed by atoms with Crippen molar-refractivity contribution >= 4 is 97.6 Å². The fourth-order valence-electron chi connectivity index (χ4n) is 18.9. The molecule has 0 aromatic heterocycles. The second kappa shape index (κ2) is 25.9. The minimum atomic E-state index is 0.581. The third kappa shape index (κ3) is 10.3. The first-order chi connectivity index (χ1) is 54.5. The van der Waals surface area contributed by atoms with Crippen molar-refractivity contribution in [2.45, 2.75) is 55.4 Å². The van der Waals surface area contributed by atoms with Crippen LogP contribution in [0.1, 0.15) is 66.8 Å². The summed E-state index contributed by atoms with van der Waals surface area (Å²) in [5.74, 6) is 0. The van der Waals surface area contributed by atoms with Crippen LogP contribution in [-0.2, 0) is 0 Å². The maximum absolute atomic E-state index is 9.77. The third-order valence-electron chi connectivity index (χ3n) is 24.0. The van der Waals surface area contributed by atoms with Gasteiger partial charge in [0.25, 0.3) is 0 Å². The highest BCUT2D eigenvalue weighted by atomic mass is 14.6. The van der Waals surface area contributed by atoms with Crippen LogP contribution in [-0.4, -0.2) is 0 Å². The molecule has 0 fully saturated rings. The lowest BCUT2D eigenvalue weighted by molar-refractivity contribution is 1.38. The Morgan fingerprint density at radius 2 is 0.446 bits per heavy atom. The highest BCUT2D eigenvalue weighted by molar-refractivity contribution is 6.30. The minimum absolute atomic E-state index is 0.581. The zero-order valence-corrected chi connectivity index (χ0v) is 62.9. The van der Waals surface area contributed by atoms with Crippen molar-refractivity contribution in [2.24, 2.45) is 0 Å². The Balaban J connectivity index is 0.000000151. The minimum Gasteiger partial charge on any atom is -0.238 e. The predicted octanol–water partition coefficient (Wildman–Crippen LogP) is 29.0. The van der Waals surface area contributed by atoms with Crippen LogP contribution >= 0.6 is 0 Å². The lowest BCUT2D eigenvalue weighted by Crippen LogP contribution is -1.93. The van der Waals surface area contributed by atoms with Crippen LogP contribution in [0.5, 0.6) is 0 Å². The molecule has 6 nitrogen and oxygen atoms in total. The Hall–Kier alpha value is -15.0. The van der Waals surface area contributed by atoms with Crippen LogP contribution in [0.3, 0.4) is 0 Å². The first-order valence-electron chi connectivity index (χ1n) is 37.6. The highest BCUT2D eigenvalue weighted by Gasteiger charge is 2.30. The number of hydrogen-bond acceptors (Lipinski definition) is 4. The van der Waals surface area contributed by atoms with Crippen LogP contribution in [0.25, 0.3) is 207 Å². The molecular formula is C106H66N6. The fraction of sp³-hybridized carbons (Fsp3) is 0.0755. The average molecular weight is 1420 g/mol. The number of nitrogens with zero attached hydrogens (tertiary/aromatic N) is 6. The first kappa shape index (κ1) is 67.6. The molecule has 18 aromatic carbocycles. The number of hydrogen-bond donors (Lipinski definition) is 0. The van der Waals surface area contributed by atoms with E-state index < -0.39 is 0 Å². The van der Waals surface area contributed by atoms with Gasteiger partial charge in [0, 0.05) is 0 Å². The Kier molecular flexibility index (Phi) is 15.6. The molecule has 18 aromatic rings. The Morgan fingerprint density at radius 1 is 0.196 bits per heavy atom. The van der Waals surface area contributed by atoms with Crippen LogP contribution in [0.15, 0.2) is 255 Å². The van der Waals surface area contributed by atoms with Crippen LogP contribution in [0.2, 0.25) is 0 Å². The quantitative estimate of drug-likeness (QED) is 0.122. The zero-order chi connectivity index (χ0) is 76.8. The Labute approximate surface area is 649 Å². The summed E-state index contributed by atoms with van der Waals surface area (Å²) in [6.07, 6.45) is 0. The molecule has 0 amide bonds. The van der Waals surface area contributed by atoms with E-state index in [9.17, 15) is 21.0 Å². The van der Waals surface area contributed by atoms with Gasteiger partial charge in [-0.25, -0.2) is 9.69 Å². The van der Waals surface area contributed by atoms with Gasteiger partial charge in [-0.1, -0.05) is 146 Å². The summed E-state index contributed by atoms with van der Waals surface area (Å²) < 4.78 is 0. The van der Waals surface area contributed by atoms with Gasteiger partial charge in [-0.15, -0.1) is 0 Å². The zero-order valence-electron chi connectivity index (χ0n) is 62.9. The molecule has 2 aliphatic rings. The molecule has 0 N–H and O–H groups in total. The van der Waals surface area contributed by atoms with E-state index >= 15 is 0 Å². The third-order valence-corrected chi connectivity index (χ3v) is 24.0. The molecular weight excluding hydrogens is 1360 g/mol. The average Bonchev–Trinajstić information content (AvgIpc) is 1.03. The predicted molar refractivity (Wildman–Crippen MR) is 464 cm³/mol. The van der Waals surface area contributed by atoms with Gasteiger partial charge >= 0.3 is 0 Å². The summed E-state index contributed by atoms with van der Waals surface area (Å²) in [5, 5.41) is 57.1. The van der Waals surface area contributed by atoms with Crippen molar-refractivity contribution in [3.05, 3.63) is 344 Å². The first-order valence-corrected chi connectivity index (χ1v) is 37.6. The van der Waals surface area contributed by atoms with Crippen molar-refractivity contribution < 1.29 is 0 Å². The lowest BCUT2D eigenvalue weighted by atomic mass is 9.84. The number of nitriles is 4. The second-order valence-electron chi connectivity index (χ2n) is 30.3. The fourth-order valence-corrected chi connectivity index (χ4v) is 18.9. The van der Waals surface area contributed by atoms with Gasteiger partial charge in [0.1, 0.15) is 0 Å². The summed E-state index contributed by atoms with van der Waals surface area (Å²) in [6, 6.07) is 99.4. The molecule has 0 saturated heterocycles. The van der Waals surface area contributed by atoms with Gasteiger partial charge in [-0.2, -0.15) is 21.0 Å². The van der Waals surface area contributed by atoms with Gasteiger partial charge in [0.05, 0.1) is 59.7 Å². The number of fused-ring (bicyclic) bond motifs is 16. The van der Waals surface area contributed by atoms with Gasteiger partial charge < -0.3 is 0 Å². The molecule has 0 heterocycles. The molecule has 0 aliphatic heterocycles. The summed E-state index contributed by atoms with van der Waals surface area (Å²) in [5.41, 5.74) is 36.3. The molecule has 6 heteroatoms. The van der Waals surface area contributed by atoms with E-state index in [0.29, 0.717) is 33.6 Å². The van der Waals surface area contributed by atoms with E-state index in [4.69, 9.17) is 13.1 Å². The summed E-state index contributed by atoms with van der Waals surface area (Å²) in [4.78, 5) is 7.64. The summed E-state index contributed by atoms with van der Waals surface area (Å²) >= 11 is 0. The summed E-state index contributed by atoms with van der Waals surface area (Å²) in [7, 11) is 0. The number of rotatable bonds is 6. The van der Waals surface area contributed by atoms with Crippen molar-refractivity contribution in [3.63, 3.8) is 0 Å². The molecule has 0 spiro atoms. The molecule has 0 unspecified atom stereocenters. The van der Waals surface area contributed by atoms with Crippen LogP contribution in [0.4, 0.5) is 11.4 Å². The maximum Gasteiger partial charge on any atom is 0.187 e. The Bertz CT molecular complexity index is 7220. The molecule has 112 heavy (non-hydrogen) atoms. The molecule has 0 atom stereocenters. The van der Waals surface area contributed by atoms with Crippen molar-refractivity contribution in [3.8, 4) is 136 Å². The highest BCUT2D eigenvalue weighted by Crippen LogP contribution is 2.57. The van der Waals surface area contributed by atoms with Gasteiger partial charge in [0.2, 0.25) is 0 Å². The lowest BCUT2D eigenvalue weighted by Gasteiger charge is -2.19. The van der Waals surface area contributed by atoms with E-state index in [0.717, 1.165) is 131 Å². The van der Waals surface area contributed by atoms with Gasteiger partial charge in [-0.3, -0.25) is 0 Å². The topological polar surface area (TPSA) is 104 Å². The Morgan fingerprint density at radius 3 is 0.750 bits per heavy atom. The summed E-state index contributed by atoms with van der Waals surface area (Å²) in [6.45, 7) is 32.8. The number of benzene rings is 18. The molecule has 0 bridgehead atoms. The molecule has 0 saturated carbocycles. The normalized spacial score (nSPS) is 11.5. The van der Waals surface area contributed by atoms with Crippen molar-refractivity contribution in [2.75, 3.05) is 0 Å². The molecule has 0 radical (unpaired) electrons. The smallest absolute Gasteiger partial charge is 0.187 e. The maximum atomic E-state index is 9.77. The van der Waals surface area contributed by atoms with Crippen molar-refractivity contribution in [1.29, 1.82) is 21.0 Å². The molecule has 520 valence electrons. The van der Waals surface area contributed by atoms with Crippen LogP contribution < -0.4 is 0 Å². The van der Waals surface area contributed by atoms with E-state index in [1.165, 1.54) is 111 Å². The SMILES string of the molecule is [C-]#[N+]c1ccc2c(c1)c(-c1ccc(C#N)cc1C)cc1c3cc4c(cc3c(-c3ccc(C#N)cc3C)cc21)-c1ccc(-c2c(C)cccc2C)c2cccc-4c12.[C-]#[N+]c1ccc2c(c1)c(-c1ccc(C#N)cc1C)cc1c3cc4c(cc3c(-c3ccc(C#N)cc3C)cc21)-c1cccc2c(-c3c(C)cccc3C)ccc-4c12. The largest absolute Gasteiger partial charge is 0.238 e. The van der Waals surface area contributed by atoms with Crippen LogP contribution in [0, 0.1) is 114 Å². The van der Waals surface area contributed by atoms with E-state index in [-0.39, 0.29) is 0 Å². The van der Waals surface area contributed by atoms with Gasteiger partial charge in [0.15, 0.2) is 11.4 Å². The van der Waals surface area contributed by atoms with Crippen molar-refractivity contribution in [1.82, 2.24) is 0 Å². The molecule has 20 rings (SSSR count). The second-order valence-corrected chi connectivity index (χ2v) is 30.3. The van der Waals surface area contributed by atoms with E-state index in [1.54, 1.807) is 0 Å². The van der Waals surface area contributed by atoms with Gasteiger partial charge in [-0.05, 0) is 407 Å². The molecule has 2 aliphatic carbocycles. The monoisotopic (exact) mass is 1420 g/mol.